The fourth-order valence-corrected chi connectivity index (χ4v) is 4.69. The predicted molar refractivity (Wildman–Crippen MR) is 60.6 cm³/mol. The molecular weight excluding hydrogens is 228 g/mol. The maximum atomic E-state index is 11.2. The molecule has 2 rings (SSSR count). The van der Waals surface area contributed by atoms with Crippen molar-refractivity contribution in [1.82, 2.24) is 0 Å². The molecule has 0 spiro atoms. The van der Waals surface area contributed by atoms with Crippen LogP contribution in [-0.2, 0) is 10.1 Å². The van der Waals surface area contributed by atoms with Crippen LogP contribution in [0.4, 0.5) is 0 Å². The van der Waals surface area contributed by atoms with Crippen LogP contribution in [0.5, 0.6) is 0 Å². The third kappa shape index (κ3) is 2.26. The number of hydrogen-bond acceptors (Lipinski definition) is 3. The molecule has 5 atom stereocenters. The highest BCUT2D eigenvalue weighted by Gasteiger charge is 2.44. The molecule has 5 heteroatoms. The van der Waals surface area contributed by atoms with E-state index in [9.17, 15) is 13.5 Å². The van der Waals surface area contributed by atoms with Crippen molar-refractivity contribution in [3.63, 3.8) is 0 Å². The standard InChI is InChI=1S/C11H20O4S/c1-7-5-9(16(13,14)15)6-8-3-2-4-10(12)11(7)8/h7-12H,2-6H2,1H3,(H,13,14,15). The zero-order valence-electron chi connectivity index (χ0n) is 9.54. The maximum absolute atomic E-state index is 11.2. The Bertz CT molecular complexity index is 351. The first kappa shape index (κ1) is 12.3. The van der Waals surface area contributed by atoms with E-state index in [2.05, 4.69) is 0 Å². The van der Waals surface area contributed by atoms with Crippen LogP contribution in [-0.4, -0.2) is 29.4 Å². The average molecular weight is 248 g/mol. The first-order valence-corrected chi connectivity index (χ1v) is 7.54. The van der Waals surface area contributed by atoms with Gasteiger partial charge in [-0.05, 0) is 43.4 Å². The highest BCUT2D eigenvalue weighted by molar-refractivity contribution is 7.86. The van der Waals surface area contributed by atoms with Crippen molar-refractivity contribution < 1.29 is 18.1 Å². The summed E-state index contributed by atoms with van der Waals surface area (Å²) in [7, 11) is -3.91. The second kappa shape index (κ2) is 4.27. The summed E-state index contributed by atoms with van der Waals surface area (Å²) < 4.78 is 31.5. The van der Waals surface area contributed by atoms with Crippen molar-refractivity contribution in [2.24, 2.45) is 17.8 Å². The van der Waals surface area contributed by atoms with Crippen molar-refractivity contribution in [2.45, 2.75) is 50.4 Å². The largest absolute Gasteiger partial charge is 0.393 e. The number of rotatable bonds is 1. The highest BCUT2D eigenvalue weighted by atomic mass is 32.2. The van der Waals surface area contributed by atoms with Gasteiger partial charge in [-0.15, -0.1) is 0 Å². The molecule has 0 radical (unpaired) electrons. The van der Waals surface area contributed by atoms with Gasteiger partial charge in [-0.25, -0.2) is 0 Å². The topological polar surface area (TPSA) is 74.6 Å². The smallest absolute Gasteiger partial charge is 0.267 e. The minimum absolute atomic E-state index is 0.181. The van der Waals surface area contributed by atoms with E-state index < -0.39 is 15.4 Å². The van der Waals surface area contributed by atoms with Crippen LogP contribution >= 0.6 is 0 Å². The van der Waals surface area contributed by atoms with Gasteiger partial charge in [0.15, 0.2) is 0 Å². The van der Waals surface area contributed by atoms with E-state index in [0.29, 0.717) is 12.8 Å². The molecule has 2 fully saturated rings. The predicted octanol–water partition coefficient (Wildman–Crippen LogP) is 1.45. The minimum Gasteiger partial charge on any atom is -0.393 e. The van der Waals surface area contributed by atoms with Gasteiger partial charge in [0.2, 0.25) is 0 Å². The van der Waals surface area contributed by atoms with Crippen LogP contribution in [0.25, 0.3) is 0 Å². The van der Waals surface area contributed by atoms with Crippen molar-refractivity contribution >= 4 is 10.1 Å². The van der Waals surface area contributed by atoms with Crippen molar-refractivity contribution in [2.75, 3.05) is 0 Å². The van der Waals surface area contributed by atoms with Crippen LogP contribution in [0.3, 0.4) is 0 Å². The van der Waals surface area contributed by atoms with E-state index >= 15 is 0 Å². The van der Waals surface area contributed by atoms with Gasteiger partial charge in [-0.3, -0.25) is 4.55 Å². The van der Waals surface area contributed by atoms with Gasteiger partial charge < -0.3 is 5.11 Å². The maximum Gasteiger partial charge on any atom is 0.267 e. The van der Waals surface area contributed by atoms with Gasteiger partial charge in [0, 0.05) is 0 Å². The molecule has 0 aromatic rings. The molecule has 4 nitrogen and oxygen atoms in total. The van der Waals surface area contributed by atoms with E-state index in [1.54, 1.807) is 0 Å². The molecule has 0 aromatic heterocycles. The first-order valence-electron chi connectivity index (χ1n) is 6.04. The molecule has 2 N–H and O–H groups in total. The zero-order chi connectivity index (χ0) is 11.9. The molecule has 5 unspecified atom stereocenters. The monoisotopic (exact) mass is 248 g/mol. The van der Waals surface area contributed by atoms with Crippen LogP contribution in [0.15, 0.2) is 0 Å². The van der Waals surface area contributed by atoms with Gasteiger partial charge >= 0.3 is 0 Å². The summed E-state index contributed by atoms with van der Waals surface area (Å²) in [6.07, 6.45) is 3.51. The summed E-state index contributed by atoms with van der Waals surface area (Å²) in [5, 5.41) is 9.34. The van der Waals surface area contributed by atoms with Gasteiger partial charge in [-0.2, -0.15) is 8.42 Å². The molecular formula is C11H20O4S. The molecule has 0 aromatic carbocycles. The fourth-order valence-electron chi connectivity index (χ4n) is 3.66. The summed E-state index contributed by atoms with van der Waals surface area (Å²) in [6.45, 7) is 1.99. The molecule has 0 saturated heterocycles. The Morgan fingerprint density at radius 1 is 1.19 bits per heavy atom. The van der Waals surface area contributed by atoms with E-state index in [0.717, 1.165) is 19.3 Å². The third-order valence-corrected chi connectivity index (χ3v) is 5.57. The van der Waals surface area contributed by atoms with Crippen LogP contribution in [0.2, 0.25) is 0 Å². The molecule has 0 aliphatic heterocycles. The number of fused-ring (bicyclic) bond motifs is 1. The van der Waals surface area contributed by atoms with Crippen LogP contribution < -0.4 is 0 Å². The lowest BCUT2D eigenvalue weighted by Crippen LogP contribution is -2.45. The molecule has 2 saturated carbocycles. The lowest BCUT2D eigenvalue weighted by molar-refractivity contribution is -0.0184. The third-order valence-electron chi connectivity index (χ3n) is 4.34. The Morgan fingerprint density at radius 2 is 1.88 bits per heavy atom. The normalized spacial score (nSPS) is 45.1. The quantitative estimate of drug-likeness (QED) is 0.689. The summed E-state index contributed by atoms with van der Waals surface area (Å²) in [5.74, 6) is 0.673. The van der Waals surface area contributed by atoms with Gasteiger partial charge in [0.25, 0.3) is 10.1 Å². The summed E-state index contributed by atoms with van der Waals surface area (Å²) in [5.41, 5.74) is 0. The molecule has 16 heavy (non-hydrogen) atoms. The Hall–Kier alpha value is -0.130. The molecule has 2 aliphatic carbocycles. The van der Waals surface area contributed by atoms with Crippen molar-refractivity contribution in [3.8, 4) is 0 Å². The lowest BCUT2D eigenvalue weighted by Gasteiger charge is -2.45. The summed E-state index contributed by atoms with van der Waals surface area (Å²) >= 11 is 0. The molecule has 2 aliphatic rings. The minimum atomic E-state index is -3.91. The lowest BCUT2D eigenvalue weighted by atomic mass is 9.64. The zero-order valence-corrected chi connectivity index (χ0v) is 10.4. The second-order valence-electron chi connectivity index (χ2n) is 5.42. The number of aliphatic hydroxyl groups is 1. The Balaban J connectivity index is 2.16. The first-order chi connectivity index (χ1) is 7.39. The van der Waals surface area contributed by atoms with Gasteiger partial charge in [0.05, 0.1) is 11.4 Å². The van der Waals surface area contributed by atoms with Crippen LogP contribution in [0, 0.1) is 17.8 Å². The highest BCUT2D eigenvalue weighted by Crippen LogP contribution is 2.45. The van der Waals surface area contributed by atoms with Crippen molar-refractivity contribution in [3.05, 3.63) is 0 Å². The van der Waals surface area contributed by atoms with E-state index in [4.69, 9.17) is 4.55 Å². The Morgan fingerprint density at radius 3 is 2.50 bits per heavy atom. The van der Waals surface area contributed by atoms with E-state index in [1.807, 2.05) is 6.92 Å². The Kier molecular flexibility index (Phi) is 3.29. The molecule has 0 heterocycles. The van der Waals surface area contributed by atoms with E-state index in [-0.39, 0.29) is 23.9 Å². The fraction of sp³-hybridized carbons (Fsp3) is 1.00. The molecule has 0 amide bonds. The Labute approximate surface area is 96.8 Å². The van der Waals surface area contributed by atoms with Gasteiger partial charge in [0.1, 0.15) is 0 Å². The summed E-state index contributed by atoms with van der Waals surface area (Å²) in [4.78, 5) is 0. The average Bonchev–Trinajstić information content (AvgIpc) is 2.15. The summed E-state index contributed by atoms with van der Waals surface area (Å²) in [6, 6.07) is 0. The van der Waals surface area contributed by atoms with Crippen LogP contribution in [0.1, 0.15) is 39.0 Å². The second-order valence-corrected chi connectivity index (χ2v) is 7.12. The molecule has 0 bridgehead atoms. The van der Waals surface area contributed by atoms with E-state index in [1.165, 1.54) is 0 Å². The number of aliphatic hydroxyl groups excluding tert-OH is 1. The van der Waals surface area contributed by atoms with Crippen molar-refractivity contribution in [1.29, 1.82) is 0 Å². The SMILES string of the molecule is CC1CC(S(=O)(=O)O)CC2CCCC(O)C12. The number of hydrogen-bond donors (Lipinski definition) is 2. The molecule has 94 valence electrons. The van der Waals surface area contributed by atoms with Gasteiger partial charge in [-0.1, -0.05) is 13.3 Å².